The summed E-state index contributed by atoms with van der Waals surface area (Å²) in [5.74, 6) is 0.805. The molecule has 0 aliphatic heterocycles. The van der Waals surface area contributed by atoms with E-state index in [0.717, 1.165) is 25.4 Å². The van der Waals surface area contributed by atoms with Crippen molar-refractivity contribution >= 4 is 0 Å². The van der Waals surface area contributed by atoms with Gasteiger partial charge in [0.05, 0.1) is 0 Å². The molecule has 1 aromatic rings. The van der Waals surface area contributed by atoms with Crippen molar-refractivity contribution in [3.63, 3.8) is 0 Å². The maximum atomic E-state index is 5.59. The van der Waals surface area contributed by atoms with Crippen molar-refractivity contribution in [1.29, 1.82) is 0 Å². The van der Waals surface area contributed by atoms with Gasteiger partial charge in [0.1, 0.15) is 0 Å². The van der Waals surface area contributed by atoms with Crippen LogP contribution in [0.3, 0.4) is 0 Å². The minimum atomic E-state index is 0.526. The second kappa shape index (κ2) is 7.55. The van der Waals surface area contributed by atoms with E-state index >= 15 is 0 Å². The first kappa shape index (κ1) is 13.6. The SMILES string of the molecule is NCCCNC(c1ccccc1)C1CCCCC1. The number of nitrogens with two attached hydrogens (primary N) is 1. The van der Waals surface area contributed by atoms with Crippen LogP contribution in [0.4, 0.5) is 0 Å². The highest BCUT2D eigenvalue weighted by Crippen LogP contribution is 2.34. The lowest BCUT2D eigenvalue weighted by Crippen LogP contribution is -2.31. The van der Waals surface area contributed by atoms with Crippen LogP contribution in [-0.2, 0) is 0 Å². The van der Waals surface area contributed by atoms with Gasteiger partial charge in [0.25, 0.3) is 0 Å². The Bertz CT molecular complexity index is 317. The lowest BCUT2D eigenvalue weighted by Gasteiger charge is -2.31. The highest BCUT2D eigenvalue weighted by molar-refractivity contribution is 5.19. The van der Waals surface area contributed by atoms with Gasteiger partial charge in [0.2, 0.25) is 0 Å². The molecule has 1 unspecified atom stereocenters. The van der Waals surface area contributed by atoms with Crippen LogP contribution in [0, 0.1) is 5.92 Å². The molecule has 100 valence electrons. The van der Waals surface area contributed by atoms with Gasteiger partial charge in [-0.25, -0.2) is 0 Å². The molecule has 1 aliphatic rings. The van der Waals surface area contributed by atoms with Crippen LogP contribution >= 0.6 is 0 Å². The molecule has 0 saturated heterocycles. The van der Waals surface area contributed by atoms with Crippen molar-refractivity contribution in [3.8, 4) is 0 Å². The Kier molecular flexibility index (Phi) is 5.69. The summed E-state index contributed by atoms with van der Waals surface area (Å²) in [6, 6.07) is 11.4. The van der Waals surface area contributed by atoms with Crippen molar-refractivity contribution in [1.82, 2.24) is 5.32 Å². The first-order valence-corrected chi connectivity index (χ1v) is 7.40. The third-order valence-electron chi connectivity index (χ3n) is 4.03. The Morgan fingerprint density at radius 1 is 1.11 bits per heavy atom. The molecule has 2 heteroatoms. The predicted octanol–water partition coefficient (Wildman–Crippen LogP) is 3.25. The number of rotatable bonds is 6. The van der Waals surface area contributed by atoms with Gasteiger partial charge in [0.15, 0.2) is 0 Å². The lowest BCUT2D eigenvalue weighted by atomic mass is 9.81. The molecule has 0 aromatic heterocycles. The highest BCUT2D eigenvalue weighted by atomic mass is 14.9. The minimum absolute atomic E-state index is 0.526. The normalized spacial score (nSPS) is 18.7. The zero-order chi connectivity index (χ0) is 12.6. The third-order valence-corrected chi connectivity index (χ3v) is 4.03. The van der Waals surface area contributed by atoms with Crippen LogP contribution in [0.5, 0.6) is 0 Å². The quantitative estimate of drug-likeness (QED) is 0.756. The number of nitrogens with one attached hydrogen (secondary N) is 1. The molecule has 18 heavy (non-hydrogen) atoms. The van der Waals surface area contributed by atoms with Crippen LogP contribution < -0.4 is 11.1 Å². The number of benzene rings is 1. The van der Waals surface area contributed by atoms with Gasteiger partial charge in [-0.05, 0) is 43.8 Å². The third kappa shape index (κ3) is 3.82. The van der Waals surface area contributed by atoms with Crippen LogP contribution in [-0.4, -0.2) is 13.1 Å². The number of hydrogen-bond acceptors (Lipinski definition) is 2. The molecule has 0 heterocycles. The summed E-state index contributed by atoms with van der Waals surface area (Å²) >= 11 is 0. The molecule has 1 fully saturated rings. The summed E-state index contributed by atoms with van der Waals surface area (Å²) in [7, 11) is 0. The molecule has 0 spiro atoms. The number of hydrogen-bond donors (Lipinski definition) is 2. The van der Waals surface area contributed by atoms with Crippen LogP contribution in [0.1, 0.15) is 50.1 Å². The van der Waals surface area contributed by atoms with Gasteiger partial charge < -0.3 is 11.1 Å². The summed E-state index contributed by atoms with van der Waals surface area (Å²) in [6.07, 6.45) is 8.01. The lowest BCUT2D eigenvalue weighted by molar-refractivity contribution is 0.271. The first-order chi connectivity index (χ1) is 8.92. The molecule has 0 bridgehead atoms. The van der Waals surface area contributed by atoms with E-state index in [-0.39, 0.29) is 0 Å². The zero-order valence-corrected chi connectivity index (χ0v) is 11.3. The summed E-state index contributed by atoms with van der Waals surface area (Å²) in [5.41, 5.74) is 7.04. The fourth-order valence-corrected chi connectivity index (χ4v) is 3.04. The molecule has 3 N–H and O–H groups in total. The van der Waals surface area contributed by atoms with Gasteiger partial charge in [-0.2, -0.15) is 0 Å². The summed E-state index contributed by atoms with van der Waals surface area (Å²) in [5, 5.41) is 3.73. The Hall–Kier alpha value is -0.860. The van der Waals surface area contributed by atoms with Crippen LogP contribution in [0.25, 0.3) is 0 Å². The Morgan fingerprint density at radius 3 is 2.50 bits per heavy atom. The van der Waals surface area contributed by atoms with Gasteiger partial charge >= 0.3 is 0 Å². The molecule has 2 rings (SSSR count). The largest absolute Gasteiger partial charge is 0.330 e. The Morgan fingerprint density at radius 2 is 1.83 bits per heavy atom. The maximum Gasteiger partial charge on any atom is 0.0348 e. The van der Waals surface area contributed by atoms with E-state index in [2.05, 4.69) is 35.6 Å². The van der Waals surface area contributed by atoms with E-state index in [1.807, 2.05) is 0 Å². The predicted molar refractivity (Wildman–Crippen MR) is 77.4 cm³/mol. The Balaban J connectivity index is 2.01. The molecular formula is C16H26N2. The molecule has 1 aliphatic carbocycles. The fourth-order valence-electron chi connectivity index (χ4n) is 3.04. The van der Waals surface area contributed by atoms with E-state index in [0.29, 0.717) is 6.04 Å². The van der Waals surface area contributed by atoms with Gasteiger partial charge in [-0.15, -0.1) is 0 Å². The average Bonchev–Trinajstić information content (AvgIpc) is 2.46. The molecular weight excluding hydrogens is 220 g/mol. The van der Waals surface area contributed by atoms with Crippen LogP contribution in [0.15, 0.2) is 30.3 Å². The standard InChI is InChI=1S/C16H26N2/c17-12-7-13-18-16(14-8-3-1-4-9-14)15-10-5-2-6-11-15/h1,3-4,8-9,15-16,18H,2,5-7,10-13,17H2. The molecule has 1 aromatic carbocycles. The van der Waals surface area contributed by atoms with Crippen molar-refractivity contribution in [3.05, 3.63) is 35.9 Å². The van der Waals surface area contributed by atoms with Gasteiger partial charge in [-0.1, -0.05) is 49.6 Å². The monoisotopic (exact) mass is 246 g/mol. The molecule has 1 saturated carbocycles. The van der Waals surface area contributed by atoms with Crippen molar-refractivity contribution < 1.29 is 0 Å². The second-order valence-corrected chi connectivity index (χ2v) is 5.38. The summed E-state index contributed by atoms with van der Waals surface area (Å²) in [4.78, 5) is 0. The summed E-state index contributed by atoms with van der Waals surface area (Å²) in [6.45, 7) is 1.81. The van der Waals surface area contributed by atoms with Gasteiger partial charge in [0, 0.05) is 6.04 Å². The van der Waals surface area contributed by atoms with Crippen molar-refractivity contribution in [2.24, 2.45) is 11.7 Å². The van der Waals surface area contributed by atoms with E-state index in [4.69, 9.17) is 5.73 Å². The maximum absolute atomic E-state index is 5.59. The summed E-state index contributed by atoms with van der Waals surface area (Å²) < 4.78 is 0. The van der Waals surface area contributed by atoms with Crippen molar-refractivity contribution in [2.75, 3.05) is 13.1 Å². The van der Waals surface area contributed by atoms with E-state index in [1.165, 1.54) is 37.7 Å². The Labute approximate surface area is 111 Å². The average molecular weight is 246 g/mol. The van der Waals surface area contributed by atoms with E-state index < -0.39 is 0 Å². The zero-order valence-electron chi connectivity index (χ0n) is 11.3. The highest BCUT2D eigenvalue weighted by Gasteiger charge is 2.24. The van der Waals surface area contributed by atoms with Crippen molar-refractivity contribution in [2.45, 2.75) is 44.6 Å². The molecule has 1 atom stereocenters. The van der Waals surface area contributed by atoms with Gasteiger partial charge in [-0.3, -0.25) is 0 Å². The smallest absolute Gasteiger partial charge is 0.0348 e. The van der Waals surface area contributed by atoms with Crippen LogP contribution in [0.2, 0.25) is 0 Å². The van der Waals surface area contributed by atoms with E-state index in [9.17, 15) is 0 Å². The first-order valence-electron chi connectivity index (χ1n) is 7.40. The fraction of sp³-hybridized carbons (Fsp3) is 0.625. The minimum Gasteiger partial charge on any atom is -0.330 e. The topological polar surface area (TPSA) is 38.0 Å². The molecule has 0 amide bonds. The van der Waals surface area contributed by atoms with E-state index in [1.54, 1.807) is 0 Å². The molecule has 2 nitrogen and oxygen atoms in total. The molecule has 0 radical (unpaired) electrons. The second-order valence-electron chi connectivity index (χ2n) is 5.38.